The van der Waals surface area contributed by atoms with Crippen LogP contribution < -0.4 is 21.3 Å². The molecule has 1 atom stereocenters. The number of benzene rings is 2. The van der Waals surface area contributed by atoms with Crippen molar-refractivity contribution >= 4 is 46.1 Å². The number of amides is 2. The smallest absolute Gasteiger partial charge is 0.377 e. The van der Waals surface area contributed by atoms with E-state index in [0.29, 0.717) is 36.8 Å². The average Bonchev–Trinajstić information content (AvgIpc) is 3.78. The fraction of sp³-hybridized carbons (Fsp3) is 0.333. The van der Waals surface area contributed by atoms with Gasteiger partial charge in [-0.2, -0.15) is 22.7 Å². The van der Waals surface area contributed by atoms with E-state index in [0.717, 1.165) is 28.3 Å². The molecule has 1 fully saturated rings. The molecule has 5 aromatic rings. The van der Waals surface area contributed by atoms with Gasteiger partial charge in [-0.05, 0) is 55.7 Å². The van der Waals surface area contributed by atoms with Crippen molar-refractivity contribution in [1.29, 1.82) is 0 Å². The SMILES string of the molecule is CCc1c(N2CCN(C(=O)c3c[nH]n(-c4ccccc4)c3=O)[C@H](C)C2)c(=O)n2nc(C3=CCOCC3)nc2n1CC(=O)Nc1ccc(C(F)(F)F)cc1Cl. The van der Waals surface area contributed by atoms with Crippen molar-refractivity contribution in [3.8, 4) is 5.69 Å². The minimum atomic E-state index is -4.62. The molecule has 7 rings (SSSR count). The number of piperazine rings is 1. The molecule has 0 aliphatic carbocycles. The Bertz CT molecular complexity index is 2400. The molecule has 14 nitrogen and oxygen atoms in total. The molecule has 2 aromatic carbocycles. The number of carbonyl (C=O) groups is 2. The van der Waals surface area contributed by atoms with Crippen molar-refractivity contribution in [2.75, 3.05) is 43.1 Å². The molecule has 2 amide bonds. The monoisotopic (exact) mass is 765 g/mol. The van der Waals surface area contributed by atoms with E-state index in [4.69, 9.17) is 16.3 Å². The summed E-state index contributed by atoms with van der Waals surface area (Å²) in [5.74, 6) is -0.688. The van der Waals surface area contributed by atoms with E-state index < -0.39 is 40.7 Å². The summed E-state index contributed by atoms with van der Waals surface area (Å²) in [5, 5.41) is 9.71. The number of hydrogen-bond donors (Lipinski definition) is 2. The van der Waals surface area contributed by atoms with E-state index in [1.165, 1.54) is 10.9 Å². The molecule has 3 aromatic heterocycles. The van der Waals surface area contributed by atoms with Gasteiger partial charge in [0.25, 0.3) is 17.0 Å². The zero-order valence-electron chi connectivity index (χ0n) is 29.2. The number of nitrogens with one attached hydrogen (secondary N) is 2. The molecule has 0 radical (unpaired) electrons. The predicted octanol–water partition coefficient (Wildman–Crippen LogP) is 4.40. The fourth-order valence-corrected chi connectivity index (χ4v) is 7.06. The standard InChI is InChI=1S/C36H35ClF3N9O5/c1-3-28-30(45-13-14-46(21(2)19-45)32(51)25-18-41-48(33(25)52)24-7-5-4-6-8-24)34(53)49-35(43-31(44-49)22-11-15-54-16-12-22)47(28)20-29(50)42-27-10-9-23(17-26(27)37)36(38,39)40/h4-11,17-18,21,41H,3,12-16,19-20H2,1-2H3,(H,42,50)/t21-/m1/s1. The maximum absolute atomic E-state index is 14.3. The first kappa shape index (κ1) is 36.7. The van der Waals surface area contributed by atoms with Crippen molar-refractivity contribution in [2.24, 2.45) is 0 Å². The lowest BCUT2D eigenvalue weighted by atomic mass is 10.1. The molecule has 2 N–H and O–H groups in total. The Morgan fingerprint density at radius 1 is 1.09 bits per heavy atom. The first-order chi connectivity index (χ1) is 25.8. The van der Waals surface area contributed by atoms with Gasteiger partial charge in [-0.3, -0.25) is 24.3 Å². The summed E-state index contributed by atoms with van der Waals surface area (Å²) in [7, 11) is 0. The van der Waals surface area contributed by atoms with Crippen molar-refractivity contribution in [1.82, 2.24) is 33.8 Å². The molecule has 2 aliphatic heterocycles. The lowest BCUT2D eigenvalue weighted by Crippen LogP contribution is -2.56. The van der Waals surface area contributed by atoms with Gasteiger partial charge in [0.2, 0.25) is 11.7 Å². The van der Waals surface area contributed by atoms with Gasteiger partial charge in [-0.1, -0.05) is 42.8 Å². The number of carbonyl (C=O) groups excluding carboxylic acids is 2. The number of rotatable bonds is 8. The van der Waals surface area contributed by atoms with Crippen molar-refractivity contribution in [3.05, 3.63) is 109 Å². The van der Waals surface area contributed by atoms with Crippen LogP contribution in [0.1, 0.15) is 47.7 Å². The van der Waals surface area contributed by atoms with Crippen LogP contribution in [0.5, 0.6) is 0 Å². The van der Waals surface area contributed by atoms with Crippen LogP contribution >= 0.6 is 11.6 Å². The Morgan fingerprint density at radius 2 is 1.87 bits per heavy atom. The molecule has 2 aliphatic rings. The molecule has 282 valence electrons. The van der Waals surface area contributed by atoms with Crippen molar-refractivity contribution < 1.29 is 27.5 Å². The molecule has 54 heavy (non-hydrogen) atoms. The van der Waals surface area contributed by atoms with Crippen LogP contribution in [0.3, 0.4) is 0 Å². The second kappa shape index (κ2) is 14.6. The van der Waals surface area contributed by atoms with E-state index in [2.05, 4.69) is 20.5 Å². The Kier molecular flexibility index (Phi) is 9.93. The quantitative estimate of drug-likeness (QED) is 0.236. The van der Waals surface area contributed by atoms with Crippen LogP contribution in [0.2, 0.25) is 5.02 Å². The van der Waals surface area contributed by atoms with Gasteiger partial charge in [0, 0.05) is 31.9 Å². The summed E-state index contributed by atoms with van der Waals surface area (Å²) in [5.41, 5.74) is 0.114. The second-order valence-corrected chi connectivity index (χ2v) is 13.3. The fourth-order valence-electron chi connectivity index (χ4n) is 6.83. The number of para-hydroxylation sites is 1. The summed E-state index contributed by atoms with van der Waals surface area (Å²) in [6, 6.07) is 11.1. The highest BCUT2D eigenvalue weighted by Gasteiger charge is 2.34. The minimum Gasteiger partial charge on any atom is -0.377 e. The summed E-state index contributed by atoms with van der Waals surface area (Å²) in [6.07, 6.45) is -0.614. The van der Waals surface area contributed by atoms with Crippen LogP contribution in [0.4, 0.5) is 24.5 Å². The molecule has 0 saturated carbocycles. The van der Waals surface area contributed by atoms with Gasteiger partial charge >= 0.3 is 6.18 Å². The number of halogens is 4. The Morgan fingerprint density at radius 3 is 2.54 bits per heavy atom. The van der Waals surface area contributed by atoms with Crippen molar-refractivity contribution in [3.63, 3.8) is 0 Å². The number of fused-ring (bicyclic) bond motifs is 1. The molecular formula is C36H35ClF3N9O5. The number of aromatic amines is 1. The minimum absolute atomic E-state index is 0.0195. The number of aromatic nitrogens is 6. The molecular weight excluding hydrogens is 731 g/mol. The second-order valence-electron chi connectivity index (χ2n) is 12.9. The Hall–Kier alpha value is -5.68. The van der Waals surface area contributed by atoms with Gasteiger partial charge in [-0.15, -0.1) is 5.10 Å². The number of anilines is 2. The van der Waals surface area contributed by atoms with Crippen LogP contribution in [0.25, 0.3) is 17.0 Å². The van der Waals surface area contributed by atoms with Gasteiger partial charge in [0.1, 0.15) is 17.8 Å². The van der Waals surface area contributed by atoms with Gasteiger partial charge < -0.3 is 24.4 Å². The molecule has 0 spiro atoms. The van der Waals surface area contributed by atoms with E-state index in [1.807, 2.05) is 30.9 Å². The van der Waals surface area contributed by atoms with Crippen LogP contribution in [-0.4, -0.2) is 84.5 Å². The lowest BCUT2D eigenvalue weighted by Gasteiger charge is -2.41. The van der Waals surface area contributed by atoms with E-state index in [1.54, 1.807) is 33.7 Å². The largest absolute Gasteiger partial charge is 0.416 e. The summed E-state index contributed by atoms with van der Waals surface area (Å²) in [6.45, 7) is 4.67. The van der Waals surface area contributed by atoms with Gasteiger partial charge in [0.15, 0.2) is 5.82 Å². The highest BCUT2D eigenvalue weighted by molar-refractivity contribution is 6.33. The van der Waals surface area contributed by atoms with E-state index in [-0.39, 0.29) is 60.3 Å². The number of alkyl halides is 3. The molecule has 5 heterocycles. The zero-order chi connectivity index (χ0) is 38.3. The number of ether oxygens (including phenoxy) is 1. The number of hydrogen-bond acceptors (Lipinski definition) is 8. The van der Waals surface area contributed by atoms with Gasteiger partial charge in [0.05, 0.1) is 40.9 Å². The topological polar surface area (TPSA) is 152 Å². The van der Waals surface area contributed by atoms with Gasteiger partial charge in [-0.25, -0.2) is 4.68 Å². The summed E-state index contributed by atoms with van der Waals surface area (Å²) < 4.78 is 49.2. The highest BCUT2D eigenvalue weighted by atomic mass is 35.5. The summed E-state index contributed by atoms with van der Waals surface area (Å²) in [4.78, 5) is 63.0. The summed E-state index contributed by atoms with van der Waals surface area (Å²) >= 11 is 6.14. The first-order valence-corrected chi connectivity index (χ1v) is 17.6. The van der Waals surface area contributed by atoms with Crippen LogP contribution in [0.15, 0.2) is 70.4 Å². The molecule has 0 bridgehead atoms. The molecule has 0 unspecified atom stereocenters. The lowest BCUT2D eigenvalue weighted by molar-refractivity contribution is -0.137. The Labute approximate surface area is 310 Å². The van der Waals surface area contributed by atoms with Crippen molar-refractivity contribution in [2.45, 2.75) is 45.5 Å². The van der Waals surface area contributed by atoms with Crippen LogP contribution in [0, 0.1) is 0 Å². The third-order valence-electron chi connectivity index (χ3n) is 9.50. The third kappa shape index (κ3) is 6.91. The van der Waals surface area contributed by atoms with E-state index >= 15 is 0 Å². The molecule has 1 saturated heterocycles. The predicted molar refractivity (Wildman–Crippen MR) is 194 cm³/mol. The average molecular weight is 766 g/mol. The maximum Gasteiger partial charge on any atom is 0.416 e. The normalized spacial score (nSPS) is 16.5. The molecule has 18 heteroatoms. The third-order valence-corrected chi connectivity index (χ3v) is 9.82. The first-order valence-electron chi connectivity index (χ1n) is 17.2. The number of nitrogens with zero attached hydrogens (tertiary/aromatic N) is 7. The van der Waals surface area contributed by atoms with Crippen LogP contribution in [-0.2, 0) is 28.7 Å². The highest BCUT2D eigenvalue weighted by Crippen LogP contribution is 2.34. The zero-order valence-corrected chi connectivity index (χ0v) is 29.9. The van der Waals surface area contributed by atoms with E-state index in [9.17, 15) is 32.3 Å². The Balaban J connectivity index is 1.21. The number of H-pyrrole nitrogens is 1. The maximum atomic E-state index is 14.3.